The van der Waals surface area contributed by atoms with Crippen molar-refractivity contribution in [2.45, 2.75) is 58.3 Å². The maximum Gasteiger partial charge on any atom is 0.245 e. The Labute approximate surface area is 147 Å². The Bertz CT molecular complexity index is 577. The van der Waals surface area contributed by atoms with Crippen molar-refractivity contribution in [1.82, 2.24) is 9.88 Å². The summed E-state index contributed by atoms with van der Waals surface area (Å²) in [5, 5.41) is 3.43. The molecule has 0 saturated heterocycles. The number of rotatable bonds is 8. The van der Waals surface area contributed by atoms with Crippen LogP contribution in [-0.4, -0.2) is 34.8 Å². The standard InChI is InChI=1S/C18H27N3O2S/c1-13-10-19-18(24-13)20-16(22)12-21(11-15-6-7-15)17(23)9-8-14-4-2-3-5-14/h10,14-15H,2-9,11-12H2,1H3,(H,19,20,22). The van der Waals surface area contributed by atoms with Gasteiger partial charge in [-0.3, -0.25) is 9.59 Å². The highest BCUT2D eigenvalue weighted by molar-refractivity contribution is 7.15. The van der Waals surface area contributed by atoms with Crippen LogP contribution in [0.5, 0.6) is 0 Å². The molecular weight excluding hydrogens is 322 g/mol. The average molecular weight is 350 g/mol. The molecule has 0 aromatic carbocycles. The fourth-order valence-corrected chi connectivity index (χ4v) is 4.08. The first-order valence-corrected chi connectivity index (χ1v) is 9.92. The van der Waals surface area contributed by atoms with Gasteiger partial charge in [0.2, 0.25) is 11.8 Å². The molecule has 0 radical (unpaired) electrons. The van der Waals surface area contributed by atoms with Crippen LogP contribution in [0.15, 0.2) is 6.20 Å². The summed E-state index contributed by atoms with van der Waals surface area (Å²) in [7, 11) is 0. The van der Waals surface area contributed by atoms with Gasteiger partial charge in [-0.1, -0.05) is 25.7 Å². The molecule has 3 rings (SSSR count). The van der Waals surface area contributed by atoms with Crippen LogP contribution in [0.25, 0.3) is 0 Å². The molecule has 132 valence electrons. The van der Waals surface area contributed by atoms with Crippen molar-refractivity contribution in [2.24, 2.45) is 11.8 Å². The molecule has 2 aliphatic rings. The van der Waals surface area contributed by atoms with Gasteiger partial charge in [-0.05, 0) is 38.0 Å². The number of carbonyl (C=O) groups excluding carboxylic acids is 2. The number of nitrogens with one attached hydrogen (secondary N) is 1. The van der Waals surface area contributed by atoms with E-state index in [0.29, 0.717) is 23.4 Å². The summed E-state index contributed by atoms with van der Waals surface area (Å²) in [5.41, 5.74) is 0. The number of nitrogens with zero attached hydrogens (tertiary/aromatic N) is 2. The summed E-state index contributed by atoms with van der Waals surface area (Å²) in [6, 6.07) is 0. The minimum absolute atomic E-state index is 0.138. The zero-order valence-electron chi connectivity index (χ0n) is 14.4. The lowest BCUT2D eigenvalue weighted by atomic mass is 10.0. The highest BCUT2D eigenvalue weighted by atomic mass is 32.1. The predicted molar refractivity (Wildman–Crippen MR) is 96.0 cm³/mol. The third-order valence-corrected chi connectivity index (χ3v) is 5.80. The van der Waals surface area contributed by atoms with Gasteiger partial charge in [0.25, 0.3) is 0 Å². The molecule has 0 unspecified atom stereocenters. The van der Waals surface area contributed by atoms with Crippen molar-refractivity contribution < 1.29 is 9.59 Å². The maximum atomic E-state index is 12.6. The van der Waals surface area contributed by atoms with Crippen LogP contribution >= 0.6 is 11.3 Å². The van der Waals surface area contributed by atoms with E-state index in [-0.39, 0.29) is 18.4 Å². The molecule has 24 heavy (non-hydrogen) atoms. The van der Waals surface area contributed by atoms with Crippen LogP contribution < -0.4 is 5.32 Å². The molecule has 0 atom stereocenters. The molecule has 2 fully saturated rings. The van der Waals surface area contributed by atoms with Gasteiger partial charge in [0.1, 0.15) is 0 Å². The van der Waals surface area contributed by atoms with Crippen LogP contribution in [0.2, 0.25) is 0 Å². The molecular formula is C18H27N3O2S. The van der Waals surface area contributed by atoms with Crippen molar-refractivity contribution in [3.63, 3.8) is 0 Å². The normalized spacial score (nSPS) is 17.9. The predicted octanol–water partition coefficient (Wildman–Crippen LogP) is 3.60. The lowest BCUT2D eigenvalue weighted by Crippen LogP contribution is -2.39. The van der Waals surface area contributed by atoms with Gasteiger partial charge < -0.3 is 10.2 Å². The first kappa shape index (κ1) is 17.4. The third-order valence-electron chi connectivity index (χ3n) is 4.97. The Morgan fingerprint density at radius 3 is 2.62 bits per heavy atom. The number of hydrogen-bond acceptors (Lipinski definition) is 4. The zero-order valence-corrected chi connectivity index (χ0v) is 15.2. The quantitative estimate of drug-likeness (QED) is 0.780. The number of carbonyl (C=O) groups is 2. The highest BCUT2D eigenvalue weighted by Crippen LogP contribution is 2.31. The van der Waals surface area contributed by atoms with Crippen molar-refractivity contribution in [1.29, 1.82) is 0 Å². The summed E-state index contributed by atoms with van der Waals surface area (Å²) in [6.07, 6.45) is 10.8. The molecule has 1 aromatic rings. The van der Waals surface area contributed by atoms with Gasteiger partial charge in [0.05, 0.1) is 6.54 Å². The summed E-state index contributed by atoms with van der Waals surface area (Å²) in [5.74, 6) is 1.30. The van der Waals surface area contributed by atoms with Gasteiger partial charge in [-0.25, -0.2) is 4.98 Å². The maximum absolute atomic E-state index is 12.6. The molecule has 1 aromatic heterocycles. The first-order chi connectivity index (χ1) is 11.6. The topological polar surface area (TPSA) is 62.3 Å². The second-order valence-corrected chi connectivity index (χ2v) is 8.47. The van der Waals surface area contributed by atoms with Gasteiger partial charge in [0, 0.05) is 24.0 Å². The van der Waals surface area contributed by atoms with E-state index in [1.807, 2.05) is 6.92 Å². The lowest BCUT2D eigenvalue weighted by molar-refractivity contribution is -0.135. The van der Waals surface area contributed by atoms with Crippen LogP contribution in [-0.2, 0) is 9.59 Å². The molecule has 1 heterocycles. The van der Waals surface area contributed by atoms with E-state index in [1.165, 1.54) is 49.9 Å². The summed E-state index contributed by atoms with van der Waals surface area (Å²) >= 11 is 1.46. The number of aryl methyl sites for hydroxylation is 1. The molecule has 6 heteroatoms. The highest BCUT2D eigenvalue weighted by Gasteiger charge is 2.28. The number of anilines is 1. The number of thiazole rings is 1. The smallest absolute Gasteiger partial charge is 0.245 e. The second-order valence-electron chi connectivity index (χ2n) is 7.23. The molecule has 2 amide bonds. The Kier molecular flexibility index (Phi) is 5.87. The fourth-order valence-electron chi connectivity index (χ4n) is 3.40. The van der Waals surface area contributed by atoms with Crippen molar-refractivity contribution in [3.8, 4) is 0 Å². The van der Waals surface area contributed by atoms with Gasteiger partial charge in [0.15, 0.2) is 5.13 Å². The largest absolute Gasteiger partial charge is 0.333 e. The van der Waals surface area contributed by atoms with Crippen molar-refractivity contribution in [2.75, 3.05) is 18.4 Å². The van der Waals surface area contributed by atoms with E-state index in [2.05, 4.69) is 10.3 Å². The molecule has 0 aliphatic heterocycles. The van der Waals surface area contributed by atoms with E-state index in [1.54, 1.807) is 11.1 Å². The minimum atomic E-state index is -0.140. The van der Waals surface area contributed by atoms with Crippen molar-refractivity contribution >= 4 is 28.3 Å². The first-order valence-electron chi connectivity index (χ1n) is 9.10. The summed E-state index contributed by atoms with van der Waals surface area (Å²) < 4.78 is 0. The van der Waals surface area contributed by atoms with Gasteiger partial charge in [-0.15, -0.1) is 11.3 Å². The molecule has 2 aliphatic carbocycles. The Balaban J connectivity index is 1.49. The van der Waals surface area contributed by atoms with E-state index < -0.39 is 0 Å². The van der Waals surface area contributed by atoms with Gasteiger partial charge in [-0.2, -0.15) is 0 Å². The minimum Gasteiger partial charge on any atom is -0.333 e. The number of hydrogen-bond donors (Lipinski definition) is 1. The fraction of sp³-hybridized carbons (Fsp3) is 0.722. The average Bonchev–Trinajstić information content (AvgIpc) is 3.04. The van der Waals surface area contributed by atoms with Crippen LogP contribution in [0.1, 0.15) is 56.2 Å². The molecule has 0 spiro atoms. The van der Waals surface area contributed by atoms with Crippen LogP contribution in [0, 0.1) is 18.8 Å². The molecule has 2 saturated carbocycles. The van der Waals surface area contributed by atoms with E-state index in [9.17, 15) is 9.59 Å². The molecule has 1 N–H and O–H groups in total. The monoisotopic (exact) mass is 349 g/mol. The van der Waals surface area contributed by atoms with Crippen molar-refractivity contribution in [3.05, 3.63) is 11.1 Å². The van der Waals surface area contributed by atoms with E-state index in [4.69, 9.17) is 0 Å². The van der Waals surface area contributed by atoms with Crippen LogP contribution in [0.4, 0.5) is 5.13 Å². The summed E-state index contributed by atoms with van der Waals surface area (Å²) in [6.45, 7) is 2.84. The van der Waals surface area contributed by atoms with E-state index >= 15 is 0 Å². The lowest BCUT2D eigenvalue weighted by Gasteiger charge is -2.22. The van der Waals surface area contributed by atoms with Crippen LogP contribution in [0.3, 0.4) is 0 Å². The second kappa shape index (κ2) is 8.10. The Morgan fingerprint density at radius 1 is 1.25 bits per heavy atom. The SMILES string of the molecule is Cc1cnc(NC(=O)CN(CC2CC2)C(=O)CCC2CCCC2)s1. The molecule has 5 nitrogen and oxygen atoms in total. The van der Waals surface area contributed by atoms with E-state index in [0.717, 1.165) is 17.8 Å². The Morgan fingerprint density at radius 2 is 2.00 bits per heavy atom. The summed E-state index contributed by atoms with van der Waals surface area (Å²) in [4.78, 5) is 31.8. The number of aromatic nitrogens is 1. The number of amides is 2. The van der Waals surface area contributed by atoms with Gasteiger partial charge >= 0.3 is 0 Å². The Hall–Kier alpha value is -1.43. The third kappa shape index (κ3) is 5.30. The molecule has 0 bridgehead atoms. The zero-order chi connectivity index (χ0) is 16.9.